The maximum Gasteiger partial charge on any atom is 2.00 e. The van der Waals surface area contributed by atoms with Crippen LogP contribution < -0.4 is 0 Å². The summed E-state index contributed by atoms with van der Waals surface area (Å²) in [4.78, 5) is 52.3. The molecule has 432 valence electrons. The topological polar surface area (TPSA) is 152 Å². The first-order chi connectivity index (χ1) is 43.0. The zero-order valence-corrected chi connectivity index (χ0v) is 51.8. The average molecular weight is 1330 g/mol. The van der Waals surface area contributed by atoms with Crippen molar-refractivity contribution in [2.45, 2.75) is 19.3 Å². The van der Waals surface area contributed by atoms with E-state index in [1.165, 1.54) is 33.4 Å². The molecule has 6 aromatic carbocycles. The van der Waals surface area contributed by atoms with Gasteiger partial charge in [-0.05, 0) is 198 Å². The summed E-state index contributed by atoms with van der Waals surface area (Å²) >= 11 is 0. The molecule has 0 aliphatic heterocycles. The fourth-order valence-corrected chi connectivity index (χ4v) is 8.46. The van der Waals surface area contributed by atoms with Gasteiger partial charge in [0.05, 0.1) is 106 Å². The van der Waals surface area contributed by atoms with Crippen molar-refractivity contribution in [2.24, 2.45) is 30.0 Å². The monoisotopic (exact) mass is 1330 g/mol. The van der Waals surface area contributed by atoms with Crippen molar-refractivity contribution in [2.75, 3.05) is 0 Å². The Bertz CT molecular complexity index is 3430. The van der Waals surface area contributed by atoms with Crippen LogP contribution in [0.5, 0.6) is 0 Å². The van der Waals surface area contributed by atoms with Gasteiger partial charge in [0.15, 0.2) is 0 Å². The maximum atomic E-state index is 4.47. The summed E-state index contributed by atoms with van der Waals surface area (Å²) in [6.07, 6.45) is 23.9. The Morgan fingerprint density at radius 2 is 0.337 bits per heavy atom. The predicted octanol–water partition coefficient (Wildman–Crippen LogP) is 16.7. The molecule has 12 rings (SSSR count). The Balaban J connectivity index is 0.000000171. The number of aliphatic imine (C=N–C) groups is 6. The molecular formula is C75H60N12Ru2+4. The Kier molecular flexibility index (Phi) is 26.0. The van der Waals surface area contributed by atoms with Gasteiger partial charge in [0, 0.05) is 37.2 Å². The number of nitrogens with zero attached hydrogens (tertiary/aromatic N) is 12. The van der Waals surface area contributed by atoms with E-state index in [1.54, 1.807) is 74.5 Å². The molecule has 14 heteroatoms. The van der Waals surface area contributed by atoms with Crippen molar-refractivity contribution >= 4 is 71.4 Å². The number of pyridine rings is 6. The van der Waals surface area contributed by atoms with Gasteiger partial charge in [-0.15, -0.1) is 0 Å². The fourth-order valence-electron chi connectivity index (χ4n) is 8.46. The molecule has 0 fully saturated rings. The van der Waals surface area contributed by atoms with E-state index in [4.69, 9.17) is 0 Å². The van der Waals surface area contributed by atoms with Crippen LogP contribution in [0.3, 0.4) is 0 Å². The van der Waals surface area contributed by atoms with Gasteiger partial charge >= 0.3 is 39.0 Å². The van der Waals surface area contributed by atoms with Gasteiger partial charge in [0.25, 0.3) is 0 Å². The van der Waals surface area contributed by atoms with Crippen LogP contribution in [0, 0.1) is 0 Å². The summed E-state index contributed by atoms with van der Waals surface area (Å²) in [6.45, 7) is 0. The van der Waals surface area contributed by atoms with Crippen LogP contribution in [0.2, 0.25) is 0 Å². The third kappa shape index (κ3) is 22.7. The second-order valence-electron chi connectivity index (χ2n) is 19.6. The van der Waals surface area contributed by atoms with Crippen LogP contribution in [0.4, 0.5) is 34.1 Å². The first-order valence-corrected chi connectivity index (χ1v) is 28.3. The van der Waals surface area contributed by atoms with E-state index < -0.39 is 0 Å². The zero-order chi connectivity index (χ0) is 59.2. The van der Waals surface area contributed by atoms with Gasteiger partial charge < -0.3 is 0 Å². The van der Waals surface area contributed by atoms with Crippen LogP contribution in [-0.4, -0.2) is 67.2 Å². The second kappa shape index (κ2) is 35.8. The summed E-state index contributed by atoms with van der Waals surface area (Å²) in [5.74, 6) is 0. The summed E-state index contributed by atoms with van der Waals surface area (Å²) in [6, 6.07) is 84.3. The zero-order valence-electron chi connectivity index (χ0n) is 48.4. The smallest absolute Gasteiger partial charge is 0.255 e. The molecule has 89 heavy (non-hydrogen) atoms. The van der Waals surface area contributed by atoms with E-state index in [1.807, 2.05) is 182 Å². The van der Waals surface area contributed by atoms with Crippen molar-refractivity contribution in [3.05, 3.63) is 360 Å². The van der Waals surface area contributed by atoms with Gasteiger partial charge in [0.2, 0.25) is 0 Å². The van der Waals surface area contributed by atoms with E-state index in [0.29, 0.717) is 0 Å². The molecule has 0 aliphatic rings. The molecule has 0 N–H and O–H groups in total. The van der Waals surface area contributed by atoms with E-state index in [2.05, 4.69) is 133 Å². The minimum atomic E-state index is 0. The number of hydrogen-bond acceptors (Lipinski definition) is 12. The van der Waals surface area contributed by atoms with Gasteiger partial charge in [-0.25, -0.2) is 0 Å². The molecule has 12 aromatic rings. The molecule has 0 unspecified atom stereocenters. The molecule has 0 bridgehead atoms. The number of aromatic nitrogens is 6. The first-order valence-electron chi connectivity index (χ1n) is 28.3. The van der Waals surface area contributed by atoms with E-state index in [-0.39, 0.29) is 39.0 Å². The molecule has 0 aliphatic carbocycles. The van der Waals surface area contributed by atoms with Crippen molar-refractivity contribution in [3.8, 4) is 0 Å². The number of benzene rings is 6. The van der Waals surface area contributed by atoms with Crippen molar-refractivity contribution < 1.29 is 39.0 Å². The first kappa shape index (κ1) is 64.5. The minimum Gasteiger partial charge on any atom is -0.255 e. The van der Waals surface area contributed by atoms with E-state index in [9.17, 15) is 0 Å². The number of hydrogen-bond donors (Lipinski definition) is 0. The predicted molar refractivity (Wildman–Crippen MR) is 356 cm³/mol. The molecule has 0 amide bonds. The van der Waals surface area contributed by atoms with E-state index >= 15 is 0 Å². The van der Waals surface area contributed by atoms with Crippen molar-refractivity contribution in [1.29, 1.82) is 0 Å². The molecular weight excluding hydrogens is 1270 g/mol. The molecule has 0 saturated heterocycles. The summed E-state index contributed by atoms with van der Waals surface area (Å²) in [5.41, 5.74) is 18.0. The second-order valence-corrected chi connectivity index (χ2v) is 19.6. The summed E-state index contributed by atoms with van der Waals surface area (Å²) in [7, 11) is 0. The van der Waals surface area contributed by atoms with Crippen molar-refractivity contribution in [3.63, 3.8) is 0 Å². The normalized spacial score (nSPS) is 11.1. The fraction of sp³-hybridized carbons (Fsp3) is 0.0400. The molecule has 0 radical (unpaired) electrons. The minimum absolute atomic E-state index is 0. The summed E-state index contributed by atoms with van der Waals surface area (Å²) < 4.78 is 0. The van der Waals surface area contributed by atoms with Gasteiger partial charge in [0.1, 0.15) is 0 Å². The van der Waals surface area contributed by atoms with Crippen LogP contribution in [0.1, 0.15) is 67.5 Å². The molecule has 0 spiro atoms. The Morgan fingerprint density at radius 3 is 0.461 bits per heavy atom. The largest absolute Gasteiger partial charge is 2.00 e. The Labute approximate surface area is 545 Å². The van der Waals surface area contributed by atoms with Crippen molar-refractivity contribution in [1.82, 2.24) is 29.9 Å². The van der Waals surface area contributed by atoms with Gasteiger partial charge in [-0.1, -0.05) is 109 Å². The van der Waals surface area contributed by atoms with E-state index in [0.717, 1.165) is 87.6 Å². The molecule has 0 saturated carbocycles. The molecule has 6 heterocycles. The van der Waals surface area contributed by atoms with Crippen LogP contribution in [0.25, 0.3) is 0 Å². The Hall–Kier alpha value is -10.5. The SMILES string of the molecule is C(=Nc1ccc(Cc2ccc(N=Cc3ccccn3)cc2)cc1)c1ccccn1.C(=Nc1ccc(Cc2ccc(N=Cc3ccccn3)cc2)cc1)c1ccccn1.C(=Nc1ccc(Cc2ccc(N=Cc3ccccn3)cc2)cc1)c1ccccn1.[Ru+2].[Ru+2]. The van der Waals surface area contributed by atoms with Gasteiger partial charge in [-0.2, -0.15) is 0 Å². The number of rotatable bonds is 18. The Morgan fingerprint density at radius 1 is 0.191 bits per heavy atom. The molecule has 12 nitrogen and oxygen atoms in total. The van der Waals surface area contributed by atoms with Crippen LogP contribution in [-0.2, 0) is 58.2 Å². The average Bonchev–Trinajstić information content (AvgIpc) is 3.79. The van der Waals surface area contributed by atoms with Gasteiger partial charge in [-0.3, -0.25) is 59.9 Å². The van der Waals surface area contributed by atoms with Crippen LogP contribution >= 0.6 is 0 Å². The third-order valence-corrected chi connectivity index (χ3v) is 13.0. The standard InChI is InChI=1S/3C25H20N4.2Ru/c3*1-3-15-26-24(5-1)18-28-22-11-7-20(8-12-22)17-21-9-13-23(14-10-21)29-19-25-6-2-4-16-27-25;;/h3*1-16,18-19H,17H2;;/q;;;2*+2. The third-order valence-electron chi connectivity index (χ3n) is 13.0. The molecule has 6 aromatic heterocycles. The maximum absolute atomic E-state index is 4.47. The van der Waals surface area contributed by atoms with Crippen LogP contribution in [0.15, 0.2) is 322 Å². The molecule has 0 atom stereocenters. The summed E-state index contributed by atoms with van der Waals surface area (Å²) in [5, 5.41) is 0. The quantitative estimate of drug-likeness (QED) is 0.0616.